The lowest BCUT2D eigenvalue weighted by Crippen LogP contribution is -2.54. The molecule has 0 radical (unpaired) electrons. The molecule has 1 atom stereocenters. The van der Waals surface area contributed by atoms with Crippen LogP contribution in [0.4, 0.5) is 4.39 Å². The molecule has 104 valence electrons. The van der Waals surface area contributed by atoms with Gasteiger partial charge in [0.15, 0.2) is 0 Å². The fraction of sp³-hybridized carbons (Fsp3) is 0.385. The highest BCUT2D eigenvalue weighted by molar-refractivity contribution is 7.80. The highest BCUT2D eigenvalue weighted by Crippen LogP contribution is 2.20. The SMILES string of the molecule is CCC(C)(NC(=O)Cc1c(F)cccc1Cl)C(N)=S. The second-order valence-electron chi connectivity index (χ2n) is 4.48. The summed E-state index contributed by atoms with van der Waals surface area (Å²) >= 11 is 10.8. The minimum absolute atomic E-state index is 0.149. The molecule has 1 aromatic carbocycles. The normalized spacial score (nSPS) is 13.7. The smallest absolute Gasteiger partial charge is 0.225 e. The fourth-order valence-electron chi connectivity index (χ4n) is 1.54. The molecule has 0 aliphatic carbocycles. The molecule has 0 aromatic heterocycles. The number of halogens is 2. The Bertz CT molecular complexity index is 489. The van der Waals surface area contributed by atoms with Crippen LogP contribution >= 0.6 is 23.8 Å². The van der Waals surface area contributed by atoms with Crippen molar-refractivity contribution in [2.75, 3.05) is 0 Å². The molecule has 0 fully saturated rings. The van der Waals surface area contributed by atoms with Crippen LogP contribution in [-0.2, 0) is 11.2 Å². The third-order valence-corrected chi connectivity index (χ3v) is 3.87. The van der Waals surface area contributed by atoms with Crippen molar-refractivity contribution in [3.8, 4) is 0 Å². The van der Waals surface area contributed by atoms with Crippen LogP contribution in [0.3, 0.4) is 0 Å². The highest BCUT2D eigenvalue weighted by Gasteiger charge is 2.28. The molecular formula is C13H16ClFN2OS. The maximum absolute atomic E-state index is 13.6. The zero-order valence-electron chi connectivity index (χ0n) is 10.8. The fourth-order valence-corrected chi connectivity index (χ4v) is 1.96. The van der Waals surface area contributed by atoms with Gasteiger partial charge in [-0.3, -0.25) is 4.79 Å². The molecule has 3 nitrogen and oxygen atoms in total. The Morgan fingerprint density at radius 3 is 2.68 bits per heavy atom. The van der Waals surface area contributed by atoms with Gasteiger partial charge in [0.1, 0.15) is 5.82 Å². The topological polar surface area (TPSA) is 55.1 Å². The maximum Gasteiger partial charge on any atom is 0.225 e. The first-order valence-corrected chi connectivity index (χ1v) is 6.62. The number of nitrogens with two attached hydrogens (primary N) is 1. The van der Waals surface area contributed by atoms with Gasteiger partial charge in [-0.25, -0.2) is 4.39 Å². The summed E-state index contributed by atoms with van der Waals surface area (Å²) in [6.07, 6.45) is 0.406. The van der Waals surface area contributed by atoms with Crippen LogP contribution in [0, 0.1) is 5.82 Å². The minimum atomic E-state index is -0.774. The summed E-state index contributed by atoms with van der Waals surface area (Å²) in [6.45, 7) is 3.59. The first-order valence-electron chi connectivity index (χ1n) is 5.84. The van der Waals surface area contributed by atoms with E-state index >= 15 is 0 Å². The zero-order chi connectivity index (χ0) is 14.6. The molecule has 1 unspecified atom stereocenters. The van der Waals surface area contributed by atoms with Crippen molar-refractivity contribution >= 4 is 34.7 Å². The monoisotopic (exact) mass is 302 g/mol. The quantitative estimate of drug-likeness (QED) is 0.822. The molecule has 1 aromatic rings. The zero-order valence-corrected chi connectivity index (χ0v) is 12.4. The standard InChI is InChI=1S/C13H16ClFN2OS/c1-3-13(2,12(16)19)17-11(18)7-8-9(14)5-4-6-10(8)15/h4-6H,3,7H2,1-2H3,(H2,16,19)(H,17,18). The Hall–Kier alpha value is -1.20. The van der Waals surface area contributed by atoms with E-state index in [1.165, 1.54) is 12.1 Å². The summed E-state index contributed by atoms with van der Waals surface area (Å²) in [6, 6.07) is 4.30. The largest absolute Gasteiger partial charge is 0.391 e. The third kappa shape index (κ3) is 3.88. The molecule has 0 aliphatic rings. The molecule has 19 heavy (non-hydrogen) atoms. The van der Waals surface area contributed by atoms with Gasteiger partial charge in [0.25, 0.3) is 0 Å². The van der Waals surface area contributed by atoms with Crippen LogP contribution in [0.2, 0.25) is 5.02 Å². The van der Waals surface area contributed by atoms with Crippen molar-refractivity contribution < 1.29 is 9.18 Å². The first kappa shape index (κ1) is 15.9. The average Bonchev–Trinajstić information content (AvgIpc) is 2.33. The number of thiocarbonyl (C=S) groups is 1. The van der Waals surface area contributed by atoms with Crippen LogP contribution in [-0.4, -0.2) is 16.4 Å². The number of rotatable bonds is 5. The third-order valence-electron chi connectivity index (χ3n) is 3.07. The van der Waals surface area contributed by atoms with Gasteiger partial charge in [0, 0.05) is 10.6 Å². The predicted molar refractivity (Wildman–Crippen MR) is 78.7 cm³/mol. The number of hydrogen-bond acceptors (Lipinski definition) is 2. The summed E-state index contributed by atoms with van der Waals surface area (Å²) in [5, 5.41) is 2.94. The lowest BCUT2D eigenvalue weighted by Gasteiger charge is -2.28. The second kappa shape index (κ2) is 6.30. The van der Waals surface area contributed by atoms with Crippen molar-refractivity contribution in [3.63, 3.8) is 0 Å². The van der Waals surface area contributed by atoms with Gasteiger partial charge < -0.3 is 11.1 Å². The van der Waals surface area contributed by atoms with Gasteiger partial charge in [0.05, 0.1) is 16.9 Å². The van der Waals surface area contributed by atoms with E-state index in [-0.39, 0.29) is 27.9 Å². The Kier molecular flexibility index (Phi) is 5.26. The van der Waals surface area contributed by atoms with Crippen LogP contribution in [0.25, 0.3) is 0 Å². The van der Waals surface area contributed by atoms with Gasteiger partial charge in [-0.1, -0.05) is 36.8 Å². The van der Waals surface area contributed by atoms with Gasteiger partial charge in [-0.15, -0.1) is 0 Å². The molecule has 6 heteroatoms. The lowest BCUT2D eigenvalue weighted by molar-refractivity contribution is -0.121. The van der Waals surface area contributed by atoms with E-state index in [0.29, 0.717) is 6.42 Å². The van der Waals surface area contributed by atoms with Gasteiger partial charge >= 0.3 is 0 Å². The van der Waals surface area contributed by atoms with Crippen molar-refractivity contribution in [3.05, 3.63) is 34.6 Å². The van der Waals surface area contributed by atoms with Crippen molar-refractivity contribution in [2.45, 2.75) is 32.2 Å². The van der Waals surface area contributed by atoms with Gasteiger partial charge in [-0.05, 0) is 25.5 Å². The molecule has 1 rings (SSSR count). The van der Waals surface area contributed by atoms with Gasteiger partial charge in [0.2, 0.25) is 5.91 Å². The number of nitrogens with one attached hydrogen (secondary N) is 1. The maximum atomic E-state index is 13.6. The first-order chi connectivity index (χ1) is 8.80. The van der Waals surface area contributed by atoms with Crippen molar-refractivity contribution in [1.82, 2.24) is 5.32 Å². The minimum Gasteiger partial charge on any atom is -0.391 e. The average molecular weight is 303 g/mol. The van der Waals surface area contributed by atoms with E-state index in [1.54, 1.807) is 13.0 Å². The predicted octanol–water partition coefficient (Wildman–Crippen LogP) is 2.59. The Balaban J connectivity index is 2.84. The van der Waals surface area contributed by atoms with Crippen molar-refractivity contribution in [2.24, 2.45) is 5.73 Å². The van der Waals surface area contributed by atoms with Gasteiger partial charge in [-0.2, -0.15) is 0 Å². The van der Waals surface area contributed by atoms with E-state index in [9.17, 15) is 9.18 Å². The summed E-state index contributed by atoms with van der Waals surface area (Å²) in [7, 11) is 0. The summed E-state index contributed by atoms with van der Waals surface area (Å²) in [5.41, 5.74) is 5.00. The number of carbonyl (C=O) groups excluding carboxylic acids is 1. The molecule has 0 saturated carbocycles. The Morgan fingerprint density at radius 2 is 2.21 bits per heavy atom. The number of benzene rings is 1. The molecule has 0 saturated heterocycles. The summed E-state index contributed by atoms with van der Waals surface area (Å²) in [4.78, 5) is 12.1. The molecule has 0 bridgehead atoms. The molecule has 3 N–H and O–H groups in total. The highest BCUT2D eigenvalue weighted by atomic mass is 35.5. The van der Waals surface area contributed by atoms with Crippen LogP contribution in [0.5, 0.6) is 0 Å². The lowest BCUT2D eigenvalue weighted by atomic mass is 9.98. The van der Waals surface area contributed by atoms with E-state index in [4.69, 9.17) is 29.6 Å². The molecule has 0 aliphatic heterocycles. The van der Waals surface area contributed by atoms with Crippen molar-refractivity contribution in [1.29, 1.82) is 0 Å². The Labute approximate surface area is 122 Å². The van der Waals surface area contributed by atoms with Crippen LogP contribution in [0.1, 0.15) is 25.8 Å². The Morgan fingerprint density at radius 1 is 1.58 bits per heavy atom. The summed E-state index contributed by atoms with van der Waals surface area (Å²) in [5.74, 6) is -0.875. The van der Waals surface area contributed by atoms with E-state index in [0.717, 1.165) is 0 Å². The molecular weight excluding hydrogens is 287 g/mol. The second-order valence-corrected chi connectivity index (χ2v) is 5.32. The number of amides is 1. The van der Waals surface area contributed by atoms with Crippen LogP contribution < -0.4 is 11.1 Å². The van der Waals surface area contributed by atoms with E-state index in [1.807, 2.05) is 6.92 Å². The van der Waals surface area contributed by atoms with E-state index in [2.05, 4.69) is 5.32 Å². The number of carbonyl (C=O) groups is 1. The van der Waals surface area contributed by atoms with E-state index < -0.39 is 11.4 Å². The molecule has 0 heterocycles. The summed E-state index contributed by atoms with van der Waals surface area (Å²) < 4.78 is 13.6. The molecule has 1 amide bonds. The molecule has 0 spiro atoms. The number of hydrogen-bond donors (Lipinski definition) is 2. The van der Waals surface area contributed by atoms with Crippen LogP contribution in [0.15, 0.2) is 18.2 Å².